The summed E-state index contributed by atoms with van der Waals surface area (Å²) in [5, 5.41) is 3.63. The summed E-state index contributed by atoms with van der Waals surface area (Å²) in [4.78, 5) is 5.41. The molecule has 1 unspecified atom stereocenters. The van der Waals surface area contributed by atoms with E-state index >= 15 is 0 Å². The largest absolute Gasteiger partial charge is 0.379 e. The first-order chi connectivity index (χ1) is 10.3. The minimum Gasteiger partial charge on any atom is -0.379 e. The highest BCUT2D eigenvalue weighted by molar-refractivity contribution is 4.93. The molecular weight excluding hydrogens is 262 g/mol. The van der Waals surface area contributed by atoms with Crippen LogP contribution in [0.25, 0.3) is 0 Å². The van der Waals surface area contributed by atoms with Crippen LogP contribution in [-0.2, 0) is 4.74 Å². The molecule has 3 fully saturated rings. The van der Waals surface area contributed by atoms with E-state index in [-0.39, 0.29) is 0 Å². The van der Waals surface area contributed by atoms with Crippen molar-refractivity contribution >= 4 is 0 Å². The van der Waals surface area contributed by atoms with Gasteiger partial charge in [-0.05, 0) is 37.8 Å². The van der Waals surface area contributed by atoms with Crippen LogP contribution in [0.15, 0.2) is 0 Å². The Labute approximate surface area is 130 Å². The highest BCUT2D eigenvalue weighted by atomic mass is 16.5. The molecule has 1 atom stereocenters. The standard InChI is InChI=1S/C17H33N3O/c1-2-18-14-17(6-3-4-7-17)15-19-8-5-16(13-19)20-9-11-21-12-10-20/h16,18H,2-15H2,1H3. The molecule has 0 bridgehead atoms. The fourth-order valence-electron chi connectivity index (χ4n) is 4.58. The highest BCUT2D eigenvalue weighted by Crippen LogP contribution is 2.39. The molecule has 4 heteroatoms. The maximum absolute atomic E-state index is 5.49. The molecule has 1 aliphatic carbocycles. The Morgan fingerprint density at radius 1 is 1.14 bits per heavy atom. The van der Waals surface area contributed by atoms with Crippen molar-refractivity contribution in [2.45, 2.75) is 45.1 Å². The van der Waals surface area contributed by atoms with Crippen LogP contribution >= 0.6 is 0 Å². The molecule has 3 rings (SSSR count). The predicted octanol–water partition coefficient (Wildman–Crippen LogP) is 1.56. The maximum atomic E-state index is 5.49. The topological polar surface area (TPSA) is 27.7 Å². The zero-order chi connectivity index (χ0) is 14.5. The maximum Gasteiger partial charge on any atom is 0.0594 e. The summed E-state index contributed by atoms with van der Waals surface area (Å²) in [6, 6.07) is 0.784. The molecule has 0 aromatic heterocycles. The lowest BCUT2D eigenvalue weighted by Gasteiger charge is -2.35. The third-order valence-electron chi connectivity index (χ3n) is 5.78. The van der Waals surface area contributed by atoms with E-state index in [4.69, 9.17) is 4.74 Å². The van der Waals surface area contributed by atoms with Gasteiger partial charge in [-0.25, -0.2) is 0 Å². The van der Waals surface area contributed by atoms with Crippen molar-refractivity contribution in [2.24, 2.45) is 5.41 Å². The summed E-state index contributed by atoms with van der Waals surface area (Å²) in [5.41, 5.74) is 0.565. The number of morpholine rings is 1. The van der Waals surface area contributed by atoms with E-state index in [2.05, 4.69) is 22.0 Å². The van der Waals surface area contributed by atoms with Gasteiger partial charge in [0.25, 0.3) is 0 Å². The smallest absolute Gasteiger partial charge is 0.0594 e. The first kappa shape index (κ1) is 15.7. The molecule has 1 N–H and O–H groups in total. The molecule has 21 heavy (non-hydrogen) atoms. The molecule has 0 spiro atoms. The Balaban J connectivity index is 1.50. The van der Waals surface area contributed by atoms with Gasteiger partial charge in [0.2, 0.25) is 0 Å². The van der Waals surface area contributed by atoms with Crippen LogP contribution in [0.2, 0.25) is 0 Å². The van der Waals surface area contributed by atoms with Crippen LogP contribution in [0.1, 0.15) is 39.0 Å². The van der Waals surface area contributed by atoms with Crippen molar-refractivity contribution in [3.63, 3.8) is 0 Å². The average Bonchev–Trinajstić information content (AvgIpc) is 3.17. The molecule has 122 valence electrons. The molecule has 2 heterocycles. The Hall–Kier alpha value is -0.160. The lowest BCUT2D eigenvalue weighted by Crippen LogP contribution is -2.46. The molecule has 3 aliphatic rings. The summed E-state index contributed by atoms with van der Waals surface area (Å²) in [6.45, 7) is 12.6. The van der Waals surface area contributed by atoms with Crippen molar-refractivity contribution in [3.05, 3.63) is 0 Å². The number of hydrogen-bond acceptors (Lipinski definition) is 4. The van der Waals surface area contributed by atoms with Gasteiger partial charge < -0.3 is 15.0 Å². The Bertz CT molecular complexity index is 311. The van der Waals surface area contributed by atoms with E-state index < -0.39 is 0 Å². The molecule has 0 aromatic rings. The minimum absolute atomic E-state index is 0.565. The van der Waals surface area contributed by atoms with Crippen molar-refractivity contribution in [2.75, 3.05) is 59.0 Å². The van der Waals surface area contributed by atoms with E-state index in [0.717, 1.165) is 38.9 Å². The minimum atomic E-state index is 0.565. The van der Waals surface area contributed by atoms with Crippen molar-refractivity contribution in [1.82, 2.24) is 15.1 Å². The third-order valence-corrected chi connectivity index (χ3v) is 5.78. The zero-order valence-electron chi connectivity index (χ0n) is 13.8. The van der Waals surface area contributed by atoms with Crippen molar-refractivity contribution in [1.29, 1.82) is 0 Å². The monoisotopic (exact) mass is 295 g/mol. The number of ether oxygens (including phenoxy) is 1. The average molecular weight is 295 g/mol. The Morgan fingerprint density at radius 3 is 2.62 bits per heavy atom. The summed E-state index contributed by atoms with van der Waals surface area (Å²) in [6.07, 6.45) is 7.09. The molecule has 2 aliphatic heterocycles. The number of nitrogens with one attached hydrogen (secondary N) is 1. The SMILES string of the molecule is CCNCC1(CN2CCC(N3CCOCC3)C2)CCCC1. The predicted molar refractivity (Wildman–Crippen MR) is 86.7 cm³/mol. The molecular formula is C17H33N3O. The first-order valence-electron chi connectivity index (χ1n) is 9.06. The van der Waals surface area contributed by atoms with Gasteiger partial charge in [-0.2, -0.15) is 0 Å². The van der Waals surface area contributed by atoms with Gasteiger partial charge in [-0.1, -0.05) is 19.8 Å². The Kier molecular flexibility index (Phi) is 5.54. The second-order valence-corrected chi connectivity index (χ2v) is 7.31. The van der Waals surface area contributed by atoms with Gasteiger partial charge in [0.05, 0.1) is 13.2 Å². The van der Waals surface area contributed by atoms with Crippen LogP contribution in [0, 0.1) is 5.41 Å². The summed E-state index contributed by atoms with van der Waals surface area (Å²) >= 11 is 0. The number of nitrogens with zero attached hydrogens (tertiary/aromatic N) is 2. The molecule has 0 radical (unpaired) electrons. The van der Waals surface area contributed by atoms with E-state index in [1.807, 2.05) is 0 Å². The molecule has 2 saturated heterocycles. The number of likely N-dealkylation sites (tertiary alicyclic amines) is 1. The normalized spacial score (nSPS) is 31.0. The lowest BCUT2D eigenvalue weighted by molar-refractivity contribution is 0.0176. The molecule has 0 amide bonds. The lowest BCUT2D eigenvalue weighted by atomic mass is 9.85. The second-order valence-electron chi connectivity index (χ2n) is 7.31. The van der Waals surface area contributed by atoms with E-state index in [1.165, 1.54) is 58.3 Å². The fraction of sp³-hybridized carbons (Fsp3) is 1.00. The van der Waals surface area contributed by atoms with Gasteiger partial charge >= 0.3 is 0 Å². The molecule has 1 saturated carbocycles. The van der Waals surface area contributed by atoms with Crippen LogP contribution in [-0.4, -0.2) is 74.9 Å². The highest BCUT2D eigenvalue weighted by Gasteiger charge is 2.38. The summed E-state index contributed by atoms with van der Waals surface area (Å²) in [7, 11) is 0. The fourth-order valence-corrected chi connectivity index (χ4v) is 4.58. The quantitative estimate of drug-likeness (QED) is 0.805. The van der Waals surface area contributed by atoms with E-state index in [9.17, 15) is 0 Å². The number of rotatable bonds is 6. The Morgan fingerprint density at radius 2 is 1.90 bits per heavy atom. The zero-order valence-corrected chi connectivity index (χ0v) is 13.8. The van der Waals surface area contributed by atoms with Gasteiger partial charge in [0.15, 0.2) is 0 Å². The summed E-state index contributed by atoms with van der Waals surface area (Å²) in [5.74, 6) is 0. The van der Waals surface area contributed by atoms with Gasteiger partial charge in [0.1, 0.15) is 0 Å². The molecule has 0 aromatic carbocycles. The van der Waals surface area contributed by atoms with Crippen molar-refractivity contribution in [3.8, 4) is 0 Å². The second kappa shape index (κ2) is 7.40. The number of hydrogen-bond donors (Lipinski definition) is 1. The summed E-state index contributed by atoms with van der Waals surface area (Å²) < 4.78 is 5.49. The molecule has 4 nitrogen and oxygen atoms in total. The van der Waals surface area contributed by atoms with Gasteiger partial charge in [-0.3, -0.25) is 4.90 Å². The van der Waals surface area contributed by atoms with Crippen LogP contribution in [0.4, 0.5) is 0 Å². The first-order valence-corrected chi connectivity index (χ1v) is 9.06. The van der Waals surface area contributed by atoms with Crippen LogP contribution in [0.3, 0.4) is 0 Å². The third kappa shape index (κ3) is 3.98. The van der Waals surface area contributed by atoms with Gasteiger partial charge in [0, 0.05) is 38.8 Å². The van der Waals surface area contributed by atoms with Gasteiger partial charge in [-0.15, -0.1) is 0 Å². The van der Waals surface area contributed by atoms with Crippen molar-refractivity contribution < 1.29 is 4.74 Å². The van der Waals surface area contributed by atoms with Crippen LogP contribution in [0.5, 0.6) is 0 Å². The van der Waals surface area contributed by atoms with E-state index in [0.29, 0.717) is 5.41 Å². The van der Waals surface area contributed by atoms with E-state index in [1.54, 1.807) is 0 Å². The van der Waals surface area contributed by atoms with Crippen LogP contribution < -0.4 is 5.32 Å².